The predicted octanol–water partition coefficient (Wildman–Crippen LogP) is 6.94. The van der Waals surface area contributed by atoms with Crippen molar-refractivity contribution in [3.8, 4) is 5.75 Å². The molecule has 0 aliphatic rings. The summed E-state index contributed by atoms with van der Waals surface area (Å²) in [6.07, 6.45) is 1.84. The molecule has 3 aromatic carbocycles. The highest BCUT2D eigenvalue weighted by Gasteiger charge is 2.03. The van der Waals surface area contributed by atoms with Crippen molar-refractivity contribution in [2.45, 2.75) is 20.5 Å². The summed E-state index contributed by atoms with van der Waals surface area (Å²) in [5.41, 5.74) is 5.30. The van der Waals surface area contributed by atoms with Gasteiger partial charge in [-0.1, -0.05) is 47.5 Å². The van der Waals surface area contributed by atoms with Crippen LogP contribution in [0.25, 0.3) is 0 Å². The van der Waals surface area contributed by atoms with E-state index in [0.29, 0.717) is 16.7 Å². The van der Waals surface area contributed by atoms with Crippen LogP contribution in [-0.4, -0.2) is 6.21 Å². The zero-order valence-corrected chi connectivity index (χ0v) is 16.2. The van der Waals surface area contributed by atoms with Gasteiger partial charge in [0.05, 0.1) is 5.69 Å². The maximum Gasteiger partial charge on any atom is 0.120 e. The molecule has 0 aliphatic carbocycles. The summed E-state index contributed by atoms with van der Waals surface area (Å²) in [5.74, 6) is 0.764. The number of aryl methyl sites for hydroxylation is 2. The van der Waals surface area contributed by atoms with Crippen LogP contribution in [0.4, 0.5) is 5.69 Å². The molecule has 3 rings (SSSR count). The van der Waals surface area contributed by atoms with E-state index in [9.17, 15) is 0 Å². The van der Waals surface area contributed by atoms with Crippen molar-refractivity contribution in [3.63, 3.8) is 0 Å². The van der Waals surface area contributed by atoms with E-state index >= 15 is 0 Å². The minimum absolute atomic E-state index is 0.383. The van der Waals surface area contributed by atoms with Crippen LogP contribution in [0.2, 0.25) is 10.0 Å². The van der Waals surface area contributed by atoms with Gasteiger partial charge in [-0.25, -0.2) is 0 Å². The Bertz CT molecular complexity index is 951. The van der Waals surface area contributed by atoms with E-state index in [0.717, 1.165) is 22.6 Å². The SMILES string of the molecule is Cc1ccc(N=Cc2cccc(OCc3ccc(Cl)cc3Cl)c2)cc1C. The van der Waals surface area contributed by atoms with Crippen molar-refractivity contribution in [1.29, 1.82) is 0 Å². The maximum atomic E-state index is 6.18. The number of aliphatic imine (C=N–C) groups is 1. The molecule has 26 heavy (non-hydrogen) atoms. The number of halogens is 2. The van der Waals surface area contributed by atoms with Gasteiger partial charge in [0.2, 0.25) is 0 Å². The number of hydrogen-bond donors (Lipinski definition) is 0. The second-order valence-electron chi connectivity index (χ2n) is 6.12. The lowest BCUT2D eigenvalue weighted by atomic mass is 10.1. The minimum Gasteiger partial charge on any atom is -0.489 e. The number of rotatable bonds is 5. The Kier molecular flexibility index (Phi) is 5.97. The quantitative estimate of drug-likeness (QED) is 0.437. The molecular formula is C22H19Cl2NO. The molecule has 0 spiro atoms. The molecule has 0 aromatic heterocycles. The highest BCUT2D eigenvalue weighted by molar-refractivity contribution is 6.35. The third kappa shape index (κ3) is 4.87. The lowest BCUT2D eigenvalue weighted by Gasteiger charge is -2.08. The fourth-order valence-electron chi connectivity index (χ4n) is 2.44. The van der Waals surface area contributed by atoms with Gasteiger partial charge in [0.15, 0.2) is 0 Å². The molecule has 0 fully saturated rings. The number of ether oxygens (including phenoxy) is 1. The minimum atomic E-state index is 0.383. The number of hydrogen-bond acceptors (Lipinski definition) is 2. The summed E-state index contributed by atoms with van der Waals surface area (Å²) >= 11 is 12.1. The largest absolute Gasteiger partial charge is 0.489 e. The van der Waals surface area contributed by atoms with Gasteiger partial charge in [-0.3, -0.25) is 4.99 Å². The first kappa shape index (κ1) is 18.5. The van der Waals surface area contributed by atoms with Crippen LogP contribution >= 0.6 is 23.2 Å². The Morgan fingerprint density at radius 2 is 1.77 bits per heavy atom. The Morgan fingerprint density at radius 3 is 2.54 bits per heavy atom. The summed E-state index contributed by atoms with van der Waals surface area (Å²) in [6.45, 7) is 4.56. The first-order chi connectivity index (χ1) is 12.5. The molecule has 0 radical (unpaired) electrons. The Labute approximate surface area is 164 Å². The van der Waals surface area contributed by atoms with Gasteiger partial charge in [-0.2, -0.15) is 0 Å². The van der Waals surface area contributed by atoms with Crippen LogP contribution in [0.1, 0.15) is 22.3 Å². The average Bonchev–Trinajstić information content (AvgIpc) is 2.62. The van der Waals surface area contributed by atoms with Crippen molar-refractivity contribution in [3.05, 3.63) is 93.0 Å². The van der Waals surface area contributed by atoms with Gasteiger partial charge < -0.3 is 4.74 Å². The van der Waals surface area contributed by atoms with Crippen LogP contribution in [0.5, 0.6) is 5.75 Å². The average molecular weight is 384 g/mol. The molecule has 132 valence electrons. The lowest BCUT2D eigenvalue weighted by Crippen LogP contribution is -1.96. The van der Waals surface area contributed by atoms with Crippen molar-refractivity contribution >= 4 is 35.1 Å². The van der Waals surface area contributed by atoms with Gasteiger partial charge in [-0.15, -0.1) is 0 Å². The second kappa shape index (κ2) is 8.39. The van der Waals surface area contributed by atoms with E-state index in [1.165, 1.54) is 11.1 Å². The predicted molar refractivity (Wildman–Crippen MR) is 110 cm³/mol. The van der Waals surface area contributed by atoms with E-state index in [-0.39, 0.29) is 0 Å². The van der Waals surface area contributed by atoms with Crippen LogP contribution in [0.15, 0.2) is 65.7 Å². The van der Waals surface area contributed by atoms with Crippen molar-refractivity contribution in [1.82, 2.24) is 0 Å². The molecule has 0 N–H and O–H groups in total. The molecule has 0 saturated carbocycles. The van der Waals surface area contributed by atoms with Crippen molar-refractivity contribution in [2.75, 3.05) is 0 Å². The molecule has 0 unspecified atom stereocenters. The summed E-state index contributed by atoms with van der Waals surface area (Å²) in [5, 5.41) is 1.22. The zero-order valence-electron chi connectivity index (χ0n) is 14.7. The third-order valence-corrected chi connectivity index (χ3v) is 4.71. The molecule has 3 aromatic rings. The first-order valence-corrected chi connectivity index (χ1v) is 9.05. The monoisotopic (exact) mass is 383 g/mol. The molecule has 2 nitrogen and oxygen atoms in total. The van der Waals surface area contributed by atoms with E-state index in [1.54, 1.807) is 12.1 Å². The standard InChI is InChI=1S/C22H19Cl2NO/c1-15-6-9-20(10-16(15)2)25-13-17-4-3-5-21(11-17)26-14-18-7-8-19(23)12-22(18)24/h3-13H,14H2,1-2H3. The molecule has 0 bridgehead atoms. The molecule has 0 aliphatic heterocycles. The van der Waals surface area contributed by atoms with E-state index in [2.05, 4.69) is 31.0 Å². The number of benzene rings is 3. The first-order valence-electron chi connectivity index (χ1n) is 8.29. The molecule has 0 atom stereocenters. The van der Waals surface area contributed by atoms with Gasteiger partial charge in [0, 0.05) is 21.8 Å². The fraction of sp³-hybridized carbons (Fsp3) is 0.136. The molecule has 4 heteroatoms. The second-order valence-corrected chi connectivity index (χ2v) is 6.97. The zero-order chi connectivity index (χ0) is 18.5. The van der Waals surface area contributed by atoms with E-state index in [4.69, 9.17) is 27.9 Å². The maximum absolute atomic E-state index is 6.18. The Hall–Kier alpha value is -2.29. The Balaban J connectivity index is 1.69. The van der Waals surface area contributed by atoms with Crippen molar-refractivity contribution in [2.24, 2.45) is 4.99 Å². The molecule has 0 heterocycles. The summed E-state index contributed by atoms with van der Waals surface area (Å²) < 4.78 is 5.85. The summed E-state index contributed by atoms with van der Waals surface area (Å²) in [6, 6.07) is 19.4. The van der Waals surface area contributed by atoms with Crippen LogP contribution < -0.4 is 4.74 Å². The lowest BCUT2D eigenvalue weighted by molar-refractivity contribution is 0.306. The van der Waals surface area contributed by atoms with Gasteiger partial charge in [-0.05, 0) is 66.9 Å². The molecule has 0 saturated heterocycles. The smallest absolute Gasteiger partial charge is 0.120 e. The van der Waals surface area contributed by atoms with Crippen LogP contribution in [0, 0.1) is 13.8 Å². The van der Waals surface area contributed by atoms with Gasteiger partial charge >= 0.3 is 0 Å². The normalized spacial score (nSPS) is 11.1. The third-order valence-electron chi connectivity index (χ3n) is 4.12. The van der Waals surface area contributed by atoms with E-state index in [1.807, 2.05) is 42.6 Å². The topological polar surface area (TPSA) is 21.6 Å². The summed E-state index contributed by atoms with van der Waals surface area (Å²) in [4.78, 5) is 4.55. The molecule has 0 amide bonds. The van der Waals surface area contributed by atoms with Crippen molar-refractivity contribution < 1.29 is 4.74 Å². The fourth-order valence-corrected chi connectivity index (χ4v) is 2.90. The molecular weight excluding hydrogens is 365 g/mol. The number of nitrogens with zero attached hydrogens (tertiary/aromatic N) is 1. The highest BCUT2D eigenvalue weighted by Crippen LogP contribution is 2.23. The van der Waals surface area contributed by atoms with Gasteiger partial charge in [0.25, 0.3) is 0 Å². The van der Waals surface area contributed by atoms with Gasteiger partial charge in [0.1, 0.15) is 12.4 Å². The van der Waals surface area contributed by atoms with Crippen LogP contribution in [-0.2, 0) is 6.61 Å². The van der Waals surface area contributed by atoms with Crippen LogP contribution in [0.3, 0.4) is 0 Å². The van der Waals surface area contributed by atoms with E-state index < -0.39 is 0 Å². The highest BCUT2D eigenvalue weighted by atomic mass is 35.5. The Morgan fingerprint density at radius 1 is 0.923 bits per heavy atom. The summed E-state index contributed by atoms with van der Waals surface area (Å²) in [7, 11) is 0.